The number of phenolic OH excluding ortho intramolecular Hbond substituents is 1. The van der Waals surface area contributed by atoms with E-state index in [0.29, 0.717) is 12.3 Å². The molecule has 0 radical (unpaired) electrons. The number of amides is 1. The Kier molecular flexibility index (Phi) is 6.02. The van der Waals surface area contributed by atoms with E-state index < -0.39 is 0 Å². The van der Waals surface area contributed by atoms with E-state index in [1.54, 1.807) is 18.2 Å². The molecule has 1 aromatic heterocycles. The normalized spacial score (nSPS) is 12.6. The number of ether oxygens (including phenoxy) is 1. The SMILES string of the molecule is COc1cc(CC(=O)NCCCNc2c3c(nc4ccccc24)CCC3)ccc1O. The van der Waals surface area contributed by atoms with Gasteiger partial charge in [0.05, 0.1) is 19.0 Å². The summed E-state index contributed by atoms with van der Waals surface area (Å²) in [6, 6.07) is 13.2. The van der Waals surface area contributed by atoms with Gasteiger partial charge < -0.3 is 20.5 Å². The van der Waals surface area contributed by atoms with E-state index in [1.165, 1.54) is 29.4 Å². The van der Waals surface area contributed by atoms with Gasteiger partial charge in [0.1, 0.15) is 0 Å². The molecule has 1 aliphatic carbocycles. The Morgan fingerprint density at radius 1 is 1.17 bits per heavy atom. The zero-order valence-corrected chi connectivity index (χ0v) is 17.2. The molecule has 0 unspecified atom stereocenters. The van der Waals surface area contributed by atoms with Crippen molar-refractivity contribution in [2.24, 2.45) is 0 Å². The van der Waals surface area contributed by atoms with Crippen LogP contribution in [-0.2, 0) is 24.1 Å². The van der Waals surface area contributed by atoms with Gasteiger partial charge in [-0.1, -0.05) is 24.3 Å². The minimum Gasteiger partial charge on any atom is -0.504 e. The largest absolute Gasteiger partial charge is 0.504 e. The van der Waals surface area contributed by atoms with Crippen LogP contribution < -0.4 is 15.4 Å². The second-order valence-electron chi connectivity index (χ2n) is 7.60. The smallest absolute Gasteiger partial charge is 0.224 e. The number of nitrogens with one attached hydrogen (secondary N) is 2. The summed E-state index contributed by atoms with van der Waals surface area (Å²) < 4.78 is 5.09. The van der Waals surface area contributed by atoms with Gasteiger partial charge in [-0.05, 0) is 55.0 Å². The number of nitrogens with zero attached hydrogens (tertiary/aromatic N) is 1. The number of rotatable bonds is 8. The molecule has 0 fully saturated rings. The van der Waals surface area contributed by atoms with Crippen molar-refractivity contribution in [3.8, 4) is 11.5 Å². The molecule has 30 heavy (non-hydrogen) atoms. The molecule has 2 aromatic carbocycles. The molecule has 6 nitrogen and oxygen atoms in total. The summed E-state index contributed by atoms with van der Waals surface area (Å²) in [5.41, 5.74) is 5.61. The predicted molar refractivity (Wildman–Crippen MR) is 118 cm³/mol. The van der Waals surface area contributed by atoms with Gasteiger partial charge in [-0.2, -0.15) is 0 Å². The molecule has 1 amide bonds. The summed E-state index contributed by atoms with van der Waals surface area (Å²) in [6.45, 7) is 1.39. The molecule has 156 valence electrons. The lowest BCUT2D eigenvalue weighted by molar-refractivity contribution is -0.120. The Balaban J connectivity index is 1.29. The van der Waals surface area contributed by atoms with Crippen LogP contribution in [0.15, 0.2) is 42.5 Å². The lowest BCUT2D eigenvalue weighted by atomic mass is 10.1. The molecule has 3 N–H and O–H groups in total. The number of para-hydroxylation sites is 1. The van der Waals surface area contributed by atoms with Gasteiger partial charge in [0.25, 0.3) is 0 Å². The number of fused-ring (bicyclic) bond motifs is 2. The second kappa shape index (κ2) is 9.03. The standard InChI is InChI=1S/C24H27N3O3/c1-30-22-14-16(10-11-21(22)28)15-23(29)25-12-5-13-26-24-17-6-2-3-8-19(17)27-20-9-4-7-18(20)24/h2-3,6,8,10-11,14,28H,4-5,7,9,12-13,15H2,1H3,(H,25,29)(H,26,27). The van der Waals surface area contributed by atoms with Crippen LogP contribution in [0.1, 0.15) is 29.7 Å². The third-order valence-corrected chi connectivity index (χ3v) is 5.51. The fourth-order valence-corrected chi connectivity index (χ4v) is 4.02. The lowest BCUT2D eigenvalue weighted by Gasteiger charge is -2.15. The maximum absolute atomic E-state index is 12.2. The molecule has 4 rings (SSSR count). The minimum absolute atomic E-state index is 0.0435. The number of aryl methyl sites for hydroxylation is 1. The number of aromatic nitrogens is 1. The number of anilines is 1. The van der Waals surface area contributed by atoms with Crippen molar-refractivity contribution in [1.82, 2.24) is 10.3 Å². The highest BCUT2D eigenvalue weighted by atomic mass is 16.5. The van der Waals surface area contributed by atoms with Crippen LogP contribution in [0.2, 0.25) is 0 Å². The molecule has 0 spiro atoms. The van der Waals surface area contributed by atoms with Crippen LogP contribution in [0.4, 0.5) is 5.69 Å². The average Bonchev–Trinajstić information content (AvgIpc) is 3.22. The number of methoxy groups -OCH3 is 1. The average molecular weight is 405 g/mol. The third-order valence-electron chi connectivity index (χ3n) is 5.51. The number of aromatic hydroxyl groups is 1. The van der Waals surface area contributed by atoms with E-state index in [9.17, 15) is 9.90 Å². The van der Waals surface area contributed by atoms with Crippen molar-refractivity contribution in [3.05, 3.63) is 59.3 Å². The number of hydrogen-bond donors (Lipinski definition) is 3. The molecule has 0 bridgehead atoms. The van der Waals surface area contributed by atoms with Crippen LogP contribution >= 0.6 is 0 Å². The Labute approximate surface area is 176 Å². The van der Waals surface area contributed by atoms with E-state index in [1.807, 2.05) is 6.07 Å². The number of phenols is 1. The summed E-state index contributed by atoms with van der Waals surface area (Å²) in [5, 5.41) is 17.4. The Bertz CT molecular complexity index is 1060. The van der Waals surface area contributed by atoms with Crippen LogP contribution in [0.25, 0.3) is 10.9 Å². The van der Waals surface area contributed by atoms with Crippen LogP contribution in [0.5, 0.6) is 11.5 Å². The summed E-state index contributed by atoms with van der Waals surface area (Å²) in [4.78, 5) is 17.0. The number of carbonyl (C=O) groups is 1. The predicted octanol–water partition coefficient (Wildman–Crippen LogP) is 3.60. The van der Waals surface area contributed by atoms with E-state index in [0.717, 1.165) is 43.3 Å². The summed E-state index contributed by atoms with van der Waals surface area (Å²) in [7, 11) is 1.49. The van der Waals surface area contributed by atoms with Crippen molar-refractivity contribution in [3.63, 3.8) is 0 Å². The molecule has 0 saturated heterocycles. The molecule has 0 aliphatic heterocycles. The van der Waals surface area contributed by atoms with Crippen molar-refractivity contribution in [2.75, 3.05) is 25.5 Å². The van der Waals surface area contributed by atoms with E-state index >= 15 is 0 Å². The molecular weight excluding hydrogens is 378 g/mol. The Morgan fingerprint density at radius 3 is 2.90 bits per heavy atom. The van der Waals surface area contributed by atoms with Crippen molar-refractivity contribution < 1.29 is 14.6 Å². The molecule has 0 atom stereocenters. The lowest BCUT2D eigenvalue weighted by Crippen LogP contribution is -2.27. The second-order valence-corrected chi connectivity index (χ2v) is 7.60. The molecule has 0 saturated carbocycles. The molecular formula is C24H27N3O3. The van der Waals surface area contributed by atoms with Gasteiger partial charge in [0.15, 0.2) is 11.5 Å². The number of pyridine rings is 1. The fraction of sp³-hybridized carbons (Fsp3) is 0.333. The Hall–Kier alpha value is -3.28. The first-order valence-corrected chi connectivity index (χ1v) is 10.4. The van der Waals surface area contributed by atoms with Gasteiger partial charge in [0, 0.05) is 29.9 Å². The maximum Gasteiger partial charge on any atom is 0.224 e. The third kappa shape index (κ3) is 4.32. The van der Waals surface area contributed by atoms with E-state index in [4.69, 9.17) is 9.72 Å². The quantitative estimate of drug-likeness (QED) is 0.499. The summed E-state index contributed by atoms with van der Waals surface area (Å²) in [5.74, 6) is 0.405. The first-order chi connectivity index (χ1) is 14.7. The highest BCUT2D eigenvalue weighted by Crippen LogP contribution is 2.33. The minimum atomic E-state index is -0.0435. The zero-order valence-electron chi connectivity index (χ0n) is 17.2. The van der Waals surface area contributed by atoms with Gasteiger partial charge in [-0.3, -0.25) is 9.78 Å². The van der Waals surface area contributed by atoms with Crippen molar-refractivity contribution in [1.29, 1.82) is 0 Å². The van der Waals surface area contributed by atoms with E-state index in [2.05, 4.69) is 28.8 Å². The number of hydrogen-bond acceptors (Lipinski definition) is 5. The van der Waals surface area contributed by atoms with Crippen molar-refractivity contribution >= 4 is 22.5 Å². The molecule has 1 aliphatic rings. The summed E-state index contributed by atoms with van der Waals surface area (Å²) >= 11 is 0. The fourth-order valence-electron chi connectivity index (χ4n) is 4.02. The first kappa shape index (κ1) is 20.0. The number of carbonyl (C=O) groups excluding carboxylic acids is 1. The zero-order chi connectivity index (χ0) is 20.9. The van der Waals surface area contributed by atoms with Gasteiger partial charge in [-0.25, -0.2) is 0 Å². The monoisotopic (exact) mass is 405 g/mol. The van der Waals surface area contributed by atoms with E-state index in [-0.39, 0.29) is 18.1 Å². The van der Waals surface area contributed by atoms with Crippen LogP contribution in [0.3, 0.4) is 0 Å². The Morgan fingerprint density at radius 2 is 2.03 bits per heavy atom. The topological polar surface area (TPSA) is 83.5 Å². The van der Waals surface area contributed by atoms with Gasteiger partial charge in [0.2, 0.25) is 5.91 Å². The number of benzene rings is 2. The van der Waals surface area contributed by atoms with Gasteiger partial charge >= 0.3 is 0 Å². The molecule has 1 heterocycles. The highest BCUT2D eigenvalue weighted by Gasteiger charge is 2.19. The van der Waals surface area contributed by atoms with Gasteiger partial charge in [-0.15, -0.1) is 0 Å². The highest BCUT2D eigenvalue weighted by molar-refractivity contribution is 5.93. The first-order valence-electron chi connectivity index (χ1n) is 10.4. The van der Waals surface area contributed by atoms with Crippen molar-refractivity contribution in [2.45, 2.75) is 32.1 Å². The van der Waals surface area contributed by atoms with Crippen LogP contribution in [0, 0.1) is 0 Å². The van der Waals surface area contributed by atoms with Crippen LogP contribution in [-0.4, -0.2) is 36.2 Å². The maximum atomic E-state index is 12.2. The summed E-state index contributed by atoms with van der Waals surface area (Å²) in [6.07, 6.45) is 4.36. The molecule has 3 aromatic rings. The molecule has 6 heteroatoms.